The number of hydrogen-bond acceptors (Lipinski definition) is 4. The summed E-state index contributed by atoms with van der Waals surface area (Å²) in [6, 6.07) is 10.7. The number of piperazine rings is 1. The number of benzene rings is 1. The Hall–Kier alpha value is -2.08. The summed E-state index contributed by atoms with van der Waals surface area (Å²) >= 11 is 0. The molecule has 1 aromatic carbocycles. The van der Waals surface area contributed by atoms with Gasteiger partial charge in [-0.25, -0.2) is 4.79 Å². The van der Waals surface area contributed by atoms with Gasteiger partial charge in [-0.05, 0) is 31.2 Å². The molecule has 0 bridgehead atoms. The number of nitrogens with zero attached hydrogens (tertiary/aromatic N) is 3. The first-order chi connectivity index (χ1) is 21.2. The molecule has 0 saturated carbocycles. The molecule has 1 aromatic rings. The van der Waals surface area contributed by atoms with Crippen LogP contribution in [0.2, 0.25) is 0 Å². The van der Waals surface area contributed by atoms with Gasteiger partial charge in [-0.2, -0.15) is 0 Å². The number of carbonyl (C=O) groups is 2. The zero-order valence-electron chi connectivity index (χ0n) is 27.6. The molecule has 2 amide bonds. The van der Waals surface area contributed by atoms with E-state index in [-0.39, 0.29) is 12.1 Å². The molecule has 2 heterocycles. The second-order valence-electron chi connectivity index (χ2n) is 13.1. The van der Waals surface area contributed by atoms with Crippen LogP contribution in [0.5, 0.6) is 0 Å². The van der Waals surface area contributed by atoms with Gasteiger partial charge < -0.3 is 14.5 Å². The zero-order valence-corrected chi connectivity index (χ0v) is 27.6. The maximum absolute atomic E-state index is 13.1. The Morgan fingerprint density at radius 2 is 1.30 bits per heavy atom. The van der Waals surface area contributed by atoms with Crippen LogP contribution >= 0.6 is 0 Å². The molecule has 0 spiro atoms. The predicted molar refractivity (Wildman–Crippen MR) is 178 cm³/mol. The maximum atomic E-state index is 13.1. The third-order valence-corrected chi connectivity index (χ3v) is 9.50. The van der Waals surface area contributed by atoms with Gasteiger partial charge in [0.1, 0.15) is 0 Å². The third-order valence-electron chi connectivity index (χ3n) is 9.50. The van der Waals surface area contributed by atoms with E-state index >= 15 is 0 Å². The van der Waals surface area contributed by atoms with Crippen molar-refractivity contribution in [1.82, 2.24) is 14.7 Å². The van der Waals surface area contributed by atoms with Crippen LogP contribution in [0.25, 0.3) is 0 Å². The highest BCUT2D eigenvalue weighted by Gasteiger charge is 2.27. The lowest BCUT2D eigenvalue weighted by Crippen LogP contribution is -2.48. The molecule has 43 heavy (non-hydrogen) atoms. The van der Waals surface area contributed by atoms with E-state index in [0.717, 1.165) is 64.7 Å². The fourth-order valence-electron chi connectivity index (χ4n) is 6.72. The van der Waals surface area contributed by atoms with Gasteiger partial charge in [0.05, 0.1) is 6.61 Å². The van der Waals surface area contributed by atoms with Gasteiger partial charge in [0, 0.05) is 58.2 Å². The van der Waals surface area contributed by atoms with Crippen LogP contribution < -0.4 is 0 Å². The molecule has 0 N–H and O–H groups in total. The molecule has 2 aliphatic heterocycles. The summed E-state index contributed by atoms with van der Waals surface area (Å²) in [5.41, 5.74) is 1.31. The van der Waals surface area contributed by atoms with Crippen LogP contribution in [0.4, 0.5) is 4.79 Å². The van der Waals surface area contributed by atoms with E-state index in [1.807, 2.05) is 11.0 Å². The molecule has 3 rings (SSSR count). The van der Waals surface area contributed by atoms with Crippen molar-refractivity contribution in [3.8, 4) is 0 Å². The fraction of sp³-hybridized carbons (Fsp3) is 0.784. The van der Waals surface area contributed by atoms with E-state index in [2.05, 4.69) is 41.0 Å². The first kappa shape index (κ1) is 35.4. The predicted octanol–water partition coefficient (Wildman–Crippen LogP) is 8.97. The third kappa shape index (κ3) is 15.0. The average molecular weight is 598 g/mol. The Morgan fingerprint density at radius 3 is 1.91 bits per heavy atom. The Bertz CT molecular complexity index is 856. The van der Waals surface area contributed by atoms with Crippen molar-refractivity contribution in [3.63, 3.8) is 0 Å². The largest absolute Gasteiger partial charge is 0.449 e. The minimum absolute atomic E-state index is 0.203. The summed E-state index contributed by atoms with van der Waals surface area (Å²) in [6.07, 6.45) is 24.6. The van der Waals surface area contributed by atoms with Gasteiger partial charge in [-0.15, -0.1) is 0 Å². The number of rotatable bonds is 21. The van der Waals surface area contributed by atoms with Crippen LogP contribution in [0, 0.1) is 0 Å². The molecule has 0 radical (unpaired) electrons. The van der Waals surface area contributed by atoms with E-state index < -0.39 is 0 Å². The van der Waals surface area contributed by atoms with Crippen molar-refractivity contribution in [1.29, 1.82) is 0 Å². The molecular weight excluding hydrogens is 534 g/mol. The number of piperidine rings is 1. The molecule has 1 unspecified atom stereocenters. The fourth-order valence-corrected chi connectivity index (χ4v) is 6.72. The van der Waals surface area contributed by atoms with Gasteiger partial charge in [-0.3, -0.25) is 9.69 Å². The van der Waals surface area contributed by atoms with Crippen molar-refractivity contribution in [2.75, 3.05) is 39.3 Å². The molecule has 2 aliphatic rings. The molecular formula is C37H63N3O3. The summed E-state index contributed by atoms with van der Waals surface area (Å²) in [5, 5.41) is 0. The second-order valence-corrected chi connectivity index (χ2v) is 13.1. The van der Waals surface area contributed by atoms with Gasteiger partial charge in [0.15, 0.2) is 0 Å². The van der Waals surface area contributed by atoms with Crippen LogP contribution in [0.3, 0.4) is 0 Å². The number of amides is 2. The Balaban J connectivity index is 1.18. The minimum atomic E-state index is -0.203. The standard InChI is InChI=1S/C37H63N3O3/c1-2-3-4-5-6-7-8-9-10-11-12-13-14-15-19-25-36(41)40-27-21-20-24-35(40)26-32-43-37(42)39-30-28-38(29-31-39)33-34-22-17-16-18-23-34/h16-18,22-23,35H,2-15,19-21,24-33H2,1H3. The van der Waals surface area contributed by atoms with Gasteiger partial charge >= 0.3 is 6.09 Å². The first-order valence-corrected chi connectivity index (χ1v) is 18.1. The highest BCUT2D eigenvalue weighted by Crippen LogP contribution is 2.22. The van der Waals surface area contributed by atoms with Gasteiger partial charge in [0.25, 0.3) is 0 Å². The number of ether oxygens (including phenoxy) is 1. The summed E-state index contributed by atoms with van der Waals surface area (Å²) in [7, 11) is 0. The smallest absolute Gasteiger partial charge is 0.409 e. The summed E-state index contributed by atoms with van der Waals surface area (Å²) in [6.45, 7) is 7.62. The van der Waals surface area contributed by atoms with Crippen LogP contribution in [-0.2, 0) is 16.1 Å². The molecule has 244 valence electrons. The van der Waals surface area contributed by atoms with Crippen LogP contribution in [0.1, 0.15) is 141 Å². The Labute approximate surface area is 263 Å². The van der Waals surface area contributed by atoms with Crippen LogP contribution in [-0.4, -0.2) is 72.1 Å². The molecule has 2 saturated heterocycles. The quantitative estimate of drug-likeness (QED) is 0.133. The number of carbonyl (C=O) groups excluding carboxylic acids is 2. The molecule has 2 fully saturated rings. The second kappa shape index (κ2) is 22.4. The molecule has 6 nitrogen and oxygen atoms in total. The van der Waals surface area contributed by atoms with Gasteiger partial charge in [0.2, 0.25) is 5.91 Å². The van der Waals surface area contributed by atoms with E-state index in [1.54, 1.807) is 0 Å². The normalized spacial score (nSPS) is 17.7. The summed E-state index contributed by atoms with van der Waals surface area (Å²) in [4.78, 5) is 32.1. The van der Waals surface area contributed by atoms with Crippen LogP contribution in [0.15, 0.2) is 30.3 Å². The Morgan fingerprint density at radius 1 is 0.721 bits per heavy atom. The zero-order chi connectivity index (χ0) is 30.4. The van der Waals surface area contributed by atoms with Crippen molar-refractivity contribution < 1.29 is 14.3 Å². The van der Waals surface area contributed by atoms with Crippen molar-refractivity contribution in [2.45, 2.75) is 148 Å². The monoisotopic (exact) mass is 597 g/mol. The topological polar surface area (TPSA) is 53.1 Å². The summed E-state index contributed by atoms with van der Waals surface area (Å²) in [5.74, 6) is 0.306. The lowest BCUT2D eigenvalue weighted by molar-refractivity contribution is -0.135. The van der Waals surface area contributed by atoms with Crippen molar-refractivity contribution >= 4 is 12.0 Å². The summed E-state index contributed by atoms with van der Waals surface area (Å²) < 4.78 is 5.69. The highest BCUT2D eigenvalue weighted by atomic mass is 16.6. The average Bonchev–Trinajstić information content (AvgIpc) is 3.04. The lowest BCUT2D eigenvalue weighted by atomic mass is 9.98. The number of unbranched alkanes of at least 4 members (excludes halogenated alkanes) is 14. The first-order valence-electron chi connectivity index (χ1n) is 18.1. The SMILES string of the molecule is CCCCCCCCCCCCCCCCCC(=O)N1CCCCC1CCOC(=O)N1CCN(Cc2ccccc2)CC1. The van der Waals surface area contributed by atoms with Crippen molar-refractivity contribution in [2.24, 2.45) is 0 Å². The van der Waals surface area contributed by atoms with Gasteiger partial charge in [-0.1, -0.05) is 127 Å². The van der Waals surface area contributed by atoms with E-state index in [1.165, 1.54) is 89.0 Å². The van der Waals surface area contributed by atoms with E-state index in [4.69, 9.17) is 4.74 Å². The highest BCUT2D eigenvalue weighted by molar-refractivity contribution is 5.76. The van der Waals surface area contributed by atoms with Crippen molar-refractivity contribution in [3.05, 3.63) is 35.9 Å². The number of likely N-dealkylation sites (tertiary alicyclic amines) is 1. The lowest BCUT2D eigenvalue weighted by Gasteiger charge is -2.36. The maximum Gasteiger partial charge on any atom is 0.409 e. The molecule has 0 aliphatic carbocycles. The molecule has 1 atom stereocenters. The van der Waals surface area contributed by atoms with E-state index in [0.29, 0.717) is 32.0 Å². The number of hydrogen-bond donors (Lipinski definition) is 0. The molecule has 6 heteroatoms. The van der Waals surface area contributed by atoms with E-state index in [9.17, 15) is 9.59 Å². The minimum Gasteiger partial charge on any atom is -0.449 e. The molecule has 0 aromatic heterocycles. The Kier molecular flexibility index (Phi) is 18.5.